The molecule has 1 heterocycles. The van der Waals surface area contributed by atoms with E-state index >= 15 is 0 Å². The van der Waals surface area contributed by atoms with Crippen molar-refractivity contribution in [3.8, 4) is 0 Å². The van der Waals surface area contributed by atoms with Crippen LogP contribution in [0.2, 0.25) is 0 Å². The molecule has 0 aromatic heterocycles. The van der Waals surface area contributed by atoms with Crippen LogP contribution in [0.15, 0.2) is 0 Å². The summed E-state index contributed by atoms with van der Waals surface area (Å²) in [6.07, 6.45) is 18.5. The van der Waals surface area contributed by atoms with Gasteiger partial charge < -0.3 is 9.84 Å². The lowest BCUT2D eigenvalue weighted by Gasteiger charge is -2.15. The van der Waals surface area contributed by atoms with Gasteiger partial charge in [0, 0.05) is 12.5 Å². The number of aliphatic hydroxyl groups is 1. The number of hydrogen-bond donors (Lipinski definition) is 1. The summed E-state index contributed by atoms with van der Waals surface area (Å²) in [5, 5.41) is 10.0. The Morgan fingerprint density at radius 1 is 0.857 bits per heavy atom. The highest BCUT2D eigenvalue weighted by atomic mass is 16.5. The third kappa shape index (κ3) is 10.3. The van der Waals surface area contributed by atoms with Gasteiger partial charge >= 0.3 is 0 Å². The molecule has 0 bridgehead atoms. The summed E-state index contributed by atoms with van der Waals surface area (Å²) in [7, 11) is 0. The van der Waals surface area contributed by atoms with Crippen molar-refractivity contribution in [3.05, 3.63) is 0 Å². The first-order valence-electron chi connectivity index (χ1n) is 9.60. The molecular weight excluding hydrogens is 260 g/mol. The van der Waals surface area contributed by atoms with Crippen molar-refractivity contribution in [1.29, 1.82) is 0 Å². The summed E-state index contributed by atoms with van der Waals surface area (Å²) in [6.45, 7) is 3.90. The van der Waals surface area contributed by atoms with Crippen LogP contribution in [0, 0.1) is 5.92 Å². The van der Waals surface area contributed by atoms with Gasteiger partial charge in [-0.1, -0.05) is 84.0 Å². The van der Waals surface area contributed by atoms with Crippen LogP contribution in [-0.2, 0) is 4.74 Å². The number of hydrogen-bond acceptors (Lipinski definition) is 2. The van der Waals surface area contributed by atoms with Gasteiger partial charge in [0.05, 0.1) is 12.7 Å². The van der Waals surface area contributed by atoms with Crippen molar-refractivity contribution in [1.82, 2.24) is 0 Å². The number of aliphatic hydroxyl groups excluding tert-OH is 1. The van der Waals surface area contributed by atoms with Crippen LogP contribution < -0.4 is 0 Å². The van der Waals surface area contributed by atoms with E-state index in [0.717, 1.165) is 26.1 Å². The molecule has 0 saturated carbocycles. The fourth-order valence-corrected chi connectivity index (χ4v) is 3.29. The van der Waals surface area contributed by atoms with E-state index < -0.39 is 0 Å². The van der Waals surface area contributed by atoms with E-state index in [4.69, 9.17) is 4.74 Å². The predicted molar refractivity (Wildman–Crippen MR) is 90.6 cm³/mol. The van der Waals surface area contributed by atoms with Gasteiger partial charge in [-0.15, -0.1) is 0 Å². The maximum atomic E-state index is 10.0. The van der Waals surface area contributed by atoms with Crippen LogP contribution in [0.25, 0.3) is 0 Å². The maximum Gasteiger partial charge on any atom is 0.0591 e. The predicted octanol–water partition coefficient (Wildman–Crippen LogP) is 5.48. The van der Waals surface area contributed by atoms with Gasteiger partial charge in [-0.05, 0) is 12.8 Å². The minimum Gasteiger partial charge on any atom is -0.393 e. The van der Waals surface area contributed by atoms with E-state index in [2.05, 4.69) is 6.92 Å². The van der Waals surface area contributed by atoms with E-state index in [9.17, 15) is 5.11 Å². The van der Waals surface area contributed by atoms with Crippen LogP contribution in [0.1, 0.15) is 96.8 Å². The largest absolute Gasteiger partial charge is 0.393 e. The minimum absolute atomic E-state index is 0.115. The van der Waals surface area contributed by atoms with Crippen LogP contribution in [-0.4, -0.2) is 24.4 Å². The summed E-state index contributed by atoms with van der Waals surface area (Å²) in [6, 6.07) is 0. The van der Waals surface area contributed by atoms with Crippen molar-refractivity contribution < 1.29 is 9.84 Å². The van der Waals surface area contributed by atoms with Gasteiger partial charge in [0.15, 0.2) is 0 Å². The molecule has 126 valence electrons. The minimum atomic E-state index is -0.115. The van der Waals surface area contributed by atoms with Crippen LogP contribution in [0.5, 0.6) is 0 Å². The second-order valence-corrected chi connectivity index (χ2v) is 6.87. The zero-order valence-electron chi connectivity index (χ0n) is 14.3. The Morgan fingerprint density at radius 2 is 1.38 bits per heavy atom. The molecule has 1 fully saturated rings. The Balaban J connectivity index is 1.74. The molecule has 1 rings (SSSR count). The summed E-state index contributed by atoms with van der Waals surface area (Å²) in [5.74, 6) is 0.415. The van der Waals surface area contributed by atoms with Gasteiger partial charge in [-0.2, -0.15) is 0 Å². The molecule has 2 atom stereocenters. The van der Waals surface area contributed by atoms with Crippen molar-refractivity contribution >= 4 is 0 Å². The quantitative estimate of drug-likeness (QED) is 0.431. The highest BCUT2D eigenvalue weighted by Gasteiger charge is 2.23. The standard InChI is InChI=1S/C19H38O2/c1-2-3-4-5-6-7-8-9-10-11-12-13-14-19(20)18-15-16-21-17-18/h18-20H,2-17H2,1H3. The molecule has 2 unspecified atom stereocenters. The highest BCUT2D eigenvalue weighted by Crippen LogP contribution is 2.21. The van der Waals surface area contributed by atoms with E-state index in [1.807, 2.05) is 0 Å². The normalized spacial score (nSPS) is 20.0. The van der Waals surface area contributed by atoms with Crippen molar-refractivity contribution in [2.24, 2.45) is 5.92 Å². The van der Waals surface area contributed by atoms with Crippen molar-refractivity contribution in [3.63, 3.8) is 0 Å². The van der Waals surface area contributed by atoms with E-state index in [1.54, 1.807) is 0 Å². The number of unbranched alkanes of at least 4 members (excludes halogenated alkanes) is 11. The van der Waals surface area contributed by atoms with Gasteiger partial charge in [0.25, 0.3) is 0 Å². The highest BCUT2D eigenvalue weighted by molar-refractivity contribution is 4.72. The fraction of sp³-hybridized carbons (Fsp3) is 1.00. The lowest BCUT2D eigenvalue weighted by Crippen LogP contribution is -2.20. The first kappa shape index (κ1) is 19.0. The van der Waals surface area contributed by atoms with Crippen molar-refractivity contribution in [2.45, 2.75) is 103 Å². The molecule has 1 saturated heterocycles. The lowest BCUT2D eigenvalue weighted by atomic mass is 9.96. The van der Waals surface area contributed by atoms with Crippen LogP contribution >= 0.6 is 0 Å². The maximum absolute atomic E-state index is 10.0. The topological polar surface area (TPSA) is 29.5 Å². The first-order chi connectivity index (χ1) is 10.3. The molecule has 0 aromatic carbocycles. The molecule has 0 aromatic rings. The lowest BCUT2D eigenvalue weighted by molar-refractivity contribution is 0.0825. The Kier molecular flexibility index (Phi) is 12.3. The van der Waals surface area contributed by atoms with Gasteiger partial charge in [-0.3, -0.25) is 0 Å². The summed E-state index contributed by atoms with van der Waals surface area (Å²) in [5.41, 5.74) is 0. The zero-order chi connectivity index (χ0) is 15.2. The van der Waals surface area contributed by atoms with Crippen LogP contribution in [0.4, 0.5) is 0 Å². The fourth-order valence-electron chi connectivity index (χ4n) is 3.29. The average Bonchev–Trinajstić information content (AvgIpc) is 3.02. The second kappa shape index (κ2) is 13.6. The van der Waals surface area contributed by atoms with E-state index in [1.165, 1.54) is 77.0 Å². The SMILES string of the molecule is CCCCCCCCCCCCCCC(O)C1CCOC1. The van der Waals surface area contributed by atoms with E-state index in [0.29, 0.717) is 5.92 Å². The molecule has 1 aliphatic rings. The molecular formula is C19H38O2. The smallest absolute Gasteiger partial charge is 0.0591 e. The van der Waals surface area contributed by atoms with Crippen molar-refractivity contribution in [2.75, 3.05) is 13.2 Å². The molecule has 2 nitrogen and oxygen atoms in total. The van der Waals surface area contributed by atoms with Gasteiger partial charge in [0.2, 0.25) is 0 Å². The van der Waals surface area contributed by atoms with Gasteiger partial charge in [0.1, 0.15) is 0 Å². The average molecular weight is 299 g/mol. The van der Waals surface area contributed by atoms with E-state index in [-0.39, 0.29) is 6.10 Å². The summed E-state index contributed by atoms with van der Waals surface area (Å²) in [4.78, 5) is 0. The Hall–Kier alpha value is -0.0800. The molecule has 1 aliphatic heterocycles. The first-order valence-corrected chi connectivity index (χ1v) is 9.60. The molecule has 2 heteroatoms. The van der Waals surface area contributed by atoms with Crippen LogP contribution in [0.3, 0.4) is 0 Å². The third-order valence-electron chi connectivity index (χ3n) is 4.86. The number of rotatable bonds is 14. The Morgan fingerprint density at radius 3 is 1.86 bits per heavy atom. The summed E-state index contributed by atoms with van der Waals surface area (Å²) < 4.78 is 5.33. The zero-order valence-corrected chi connectivity index (χ0v) is 14.3. The third-order valence-corrected chi connectivity index (χ3v) is 4.86. The molecule has 0 aliphatic carbocycles. The summed E-state index contributed by atoms with van der Waals surface area (Å²) >= 11 is 0. The molecule has 0 spiro atoms. The molecule has 21 heavy (non-hydrogen) atoms. The Labute approximate surface area is 132 Å². The molecule has 0 radical (unpaired) electrons. The second-order valence-electron chi connectivity index (χ2n) is 6.87. The van der Waals surface area contributed by atoms with Gasteiger partial charge in [-0.25, -0.2) is 0 Å². The molecule has 0 amide bonds. The monoisotopic (exact) mass is 298 g/mol. The Bertz CT molecular complexity index is 212. The number of ether oxygens (including phenoxy) is 1. The molecule has 1 N–H and O–H groups in total.